The van der Waals surface area contributed by atoms with Crippen molar-refractivity contribution in [3.8, 4) is 5.75 Å². The van der Waals surface area contributed by atoms with Gasteiger partial charge in [0.25, 0.3) is 11.8 Å². The second-order valence-electron chi connectivity index (χ2n) is 7.49. The van der Waals surface area contributed by atoms with Crippen LogP contribution in [0.15, 0.2) is 28.7 Å². The number of methoxy groups -OCH3 is 1. The molecule has 0 aliphatic carbocycles. The molecule has 1 aromatic carbocycles. The van der Waals surface area contributed by atoms with E-state index in [1.807, 2.05) is 0 Å². The van der Waals surface area contributed by atoms with Crippen LogP contribution in [0.1, 0.15) is 27.4 Å². The number of nitrogens with one attached hydrogen (secondary N) is 2. The number of imide groups is 1. The lowest BCUT2D eigenvalue weighted by atomic mass is 9.95. The molecule has 11 heteroatoms. The molecule has 0 bridgehead atoms. The number of carbonyl (C=O) groups is 3. The molecular weight excluding hydrogens is 404 g/mol. The first kappa shape index (κ1) is 18.9. The fourth-order valence-corrected chi connectivity index (χ4v) is 4.03. The summed E-state index contributed by atoms with van der Waals surface area (Å²) < 4.78 is 11.0. The number of hydrogen-bond donors (Lipinski definition) is 3. The van der Waals surface area contributed by atoms with Crippen molar-refractivity contribution in [2.45, 2.75) is 19.0 Å². The van der Waals surface area contributed by atoms with Crippen molar-refractivity contribution < 1.29 is 23.5 Å². The van der Waals surface area contributed by atoms with E-state index in [1.165, 1.54) is 12.0 Å². The van der Waals surface area contributed by atoms with Gasteiger partial charge in [-0.1, -0.05) is 6.07 Å². The third kappa shape index (κ3) is 2.77. The van der Waals surface area contributed by atoms with Gasteiger partial charge in [0.2, 0.25) is 11.7 Å². The van der Waals surface area contributed by atoms with Crippen molar-refractivity contribution in [2.75, 3.05) is 19.4 Å². The normalized spacial score (nSPS) is 20.2. The Morgan fingerprint density at radius 1 is 1.26 bits per heavy atom. The third-order valence-electron chi connectivity index (χ3n) is 5.59. The van der Waals surface area contributed by atoms with Gasteiger partial charge in [0, 0.05) is 12.1 Å². The van der Waals surface area contributed by atoms with E-state index in [2.05, 4.69) is 20.6 Å². The number of nitrogen functional groups attached to an aromatic ring is 1. The summed E-state index contributed by atoms with van der Waals surface area (Å²) in [7, 11) is 1.52. The minimum absolute atomic E-state index is 0.0268. The van der Waals surface area contributed by atoms with Gasteiger partial charge in [0.15, 0.2) is 5.54 Å². The van der Waals surface area contributed by atoms with Crippen molar-refractivity contribution in [2.24, 2.45) is 0 Å². The van der Waals surface area contributed by atoms with E-state index in [-0.39, 0.29) is 36.4 Å². The molecule has 11 nitrogen and oxygen atoms in total. The summed E-state index contributed by atoms with van der Waals surface area (Å²) in [5.74, 6) is -0.191. The number of aromatic nitrogens is 2. The minimum atomic E-state index is -1.62. The highest BCUT2D eigenvalue weighted by molar-refractivity contribution is 6.08. The van der Waals surface area contributed by atoms with Crippen LogP contribution in [0.2, 0.25) is 0 Å². The average Bonchev–Trinajstić information content (AvgIpc) is 3.37. The highest BCUT2D eigenvalue weighted by atomic mass is 16.5. The highest BCUT2D eigenvalue weighted by Crippen LogP contribution is 2.35. The Morgan fingerprint density at radius 2 is 2.06 bits per heavy atom. The zero-order valence-corrected chi connectivity index (χ0v) is 16.7. The number of hydrogen-bond acceptors (Lipinski definition) is 8. The van der Waals surface area contributed by atoms with Crippen LogP contribution in [0.4, 0.5) is 10.7 Å². The van der Waals surface area contributed by atoms with Gasteiger partial charge >= 0.3 is 6.03 Å². The van der Waals surface area contributed by atoms with E-state index in [0.717, 1.165) is 5.56 Å². The predicted octanol–water partition coefficient (Wildman–Crippen LogP) is 0.813. The Hall–Kier alpha value is -4.15. The monoisotopic (exact) mass is 422 g/mol. The lowest BCUT2D eigenvalue weighted by molar-refractivity contribution is -0.125. The van der Waals surface area contributed by atoms with Crippen LogP contribution in [0.25, 0.3) is 11.1 Å². The summed E-state index contributed by atoms with van der Waals surface area (Å²) in [6.07, 6.45) is 0. The van der Waals surface area contributed by atoms with Crippen LogP contribution in [0.5, 0.6) is 5.75 Å². The maximum Gasteiger partial charge on any atom is 0.322 e. The Balaban J connectivity index is 1.57. The van der Waals surface area contributed by atoms with Gasteiger partial charge < -0.3 is 25.1 Å². The molecule has 0 spiro atoms. The number of fused-ring (bicyclic) bond motifs is 2. The molecule has 0 saturated carbocycles. The van der Waals surface area contributed by atoms with Gasteiger partial charge in [-0.25, -0.2) is 9.78 Å². The van der Waals surface area contributed by atoms with Gasteiger partial charge in [-0.15, -0.1) is 0 Å². The number of benzene rings is 1. The molecular formula is C20H18N6O5. The first-order valence-corrected chi connectivity index (χ1v) is 9.44. The van der Waals surface area contributed by atoms with Crippen LogP contribution in [0.3, 0.4) is 0 Å². The number of aryl methyl sites for hydroxylation is 1. The predicted molar refractivity (Wildman–Crippen MR) is 107 cm³/mol. The number of carbonyl (C=O) groups excluding carboxylic acids is 3. The Labute approximate surface area is 175 Å². The molecule has 31 heavy (non-hydrogen) atoms. The molecule has 4 amide bonds. The highest BCUT2D eigenvalue weighted by Gasteiger charge is 2.53. The maximum atomic E-state index is 13.0. The molecule has 4 heterocycles. The van der Waals surface area contributed by atoms with E-state index in [4.69, 9.17) is 14.9 Å². The van der Waals surface area contributed by atoms with Crippen molar-refractivity contribution >= 4 is 34.9 Å². The Kier molecular flexibility index (Phi) is 3.91. The largest absolute Gasteiger partial charge is 0.497 e. The minimum Gasteiger partial charge on any atom is -0.497 e. The molecule has 1 fully saturated rings. The van der Waals surface area contributed by atoms with Crippen molar-refractivity contribution in [1.82, 2.24) is 25.5 Å². The fourth-order valence-electron chi connectivity index (χ4n) is 4.03. The maximum absolute atomic E-state index is 13.0. The summed E-state index contributed by atoms with van der Waals surface area (Å²) in [5, 5.41) is 5.42. The van der Waals surface area contributed by atoms with E-state index in [1.54, 1.807) is 31.2 Å². The molecule has 5 rings (SSSR count). The number of ether oxygens (including phenoxy) is 1. The van der Waals surface area contributed by atoms with Crippen LogP contribution in [0, 0.1) is 6.92 Å². The van der Waals surface area contributed by atoms with Gasteiger partial charge in [0.05, 0.1) is 24.7 Å². The van der Waals surface area contributed by atoms with E-state index in [9.17, 15) is 14.4 Å². The summed E-state index contributed by atoms with van der Waals surface area (Å²) in [6, 6.07) is 6.13. The number of anilines is 1. The van der Waals surface area contributed by atoms with Gasteiger partial charge in [0.1, 0.15) is 11.5 Å². The Bertz CT molecular complexity index is 1280. The van der Waals surface area contributed by atoms with Gasteiger partial charge in [-0.05, 0) is 30.7 Å². The molecule has 1 atom stereocenters. The molecule has 3 aromatic rings. The standard InChI is InChI=1S/C20H18N6O5/c1-9-12-6-14(31-15(12)23-18(21)22-9)20(17(28)24-19(29)25-20)8-26-7-10-3-4-11(30-2)5-13(10)16(26)27/h3-6H,7-8H2,1-2H3,(H2,21,22,23)(H2,24,25,28,29)/t20-/m0/s1. The fraction of sp³-hybridized carbons (Fsp3) is 0.250. The molecule has 1 saturated heterocycles. The lowest BCUT2D eigenvalue weighted by Gasteiger charge is -2.28. The van der Waals surface area contributed by atoms with Crippen molar-refractivity contribution in [3.63, 3.8) is 0 Å². The van der Waals surface area contributed by atoms with Crippen LogP contribution in [-0.4, -0.2) is 46.4 Å². The zero-order valence-electron chi connectivity index (χ0n) is 16.7. The lowest BCUT2D eigenvalue weighted by Crippen LogP contribution is -2.52. The number of furan rings is 1. The first-order chi connectivity index (χ1) is 14.8. The number of amides is 4. The molecule has 2 aromatic heterocycles. The van der Waals surface area contributed by atoms with Crippen molar-refractivity contribution in [1.29, 1.82) is 0 Å². The molecule has 0 radical (unpaired) electrons. The quantitative estimate of drug-likeness (QED) is 0.522. The average molecular weight is 422 g/mol. The molecule has 2 aliphatic heterocycles. The van der Waals surface area contributed by atoms with E-state index >= 15 is 0 Å². The molecule has 158 valence electrons. The zero-order chi connectivity index (χ0) is 21.9. The SMILES string of the molecule is COc1ccc2c(c1)C(=O)N(C[C@@]1(c3cc4c(C)nc(N)nc4o3)NC(=O)NC1=O)C2. The number of rotatable bonds is 4. The van der Waals surface area contributed by atoms with E-state index < -0.39 is 17.5 Å². The molecule has 2 aliphatic rings. The number of nitrogens with two attached hydrogens (primary N) is 1. The first-order valence-electron chi connectivity index (χ1n) is 9.44. The van der Waals surface area contributed by atoms with Gasteiger partial charge in [-0.2, -0.15) is 4.98 Å². The summed E-state index contributed by atoms with van der Waals surface area (Å²) in [6.45, 7) is 1.87. The van der Waals surface area contributed by atoms with E-state index in [0.29, 0.717) is 22.4 Å². The summed E-state index contributed by atoms with van der Waals surface area (Å²) in [4.78, 5) is 47.7. The number of nitrogens with zero attached hydrogens (tertiary/aromatic N) is 3. The topological polar surface area (TPSA) is 153 Å². The van der Waals surface area contributed by atoms with Crippen molar-refractivity contribution in [3.05, 3.63) is 46.8 Å². The molecule has 4 N–H and O–H groups in total. The smallest absolute Gasteiger partial charge is 0.322 e. The van der Waals surface area contributed by atoms with Crippen LogP contribution >= 0.6 is 0 Å². The van der Waals surface area contributed by atoms with Gasteiger partial charge in [-0.3, -0.25) is 14.9 Å². The third-order valence-corrected chi connectivity index (χ3v) is 5.59. The molecule has 0 unspecified atom stereocenters. The number of urea groups is 1. The Morgan fingerprint density at radius 3 is 2.77 bits per heavy atom. The summed E-state index contributed by atoms with van der Waals surface area (Å²) in [5.41, 5.74) is 6.11. The van der Waals surface area contributed by atoms with Crippen LogP contribution < -0.4 is 21.1 Å². The van der Waals surface area contributed by atoms with Crippen LogP contribution in [-0.2, 0) is 16.9 Å². The second-order valence-corrected chi connectivity index (χ2v) is 7.49. The summed E-state index contributed by atoms with van der Waals surface area (Å²) >= 11 is 0. The second kappa shape index (κ2) is 6.42.